The average Bonchev–Trinajstić information content (AvgIpc) is 3.42. The highest BCUT2D eigenvalue weighted by Gasteiger charge is 2.34. The number of ether oxygens (including phenoxy) is 1. The van der Waals surface area contributed by atoms with Crippen LogP contribution in [-0.4, -0.2) is 71.6 Å². The van der Waals surface area contributed by atoms with Gasteiger partial charge in [-0.2, -0.15) is 5.26 Å². The molecule has 162 valence electrons. The number of aromatic nitrogens is 1. The molecule has 0 unspecified atom stereocenters. The quantitative estimate of drug-likeness (QED) is 0.766. The summed E-state index contributed by atoms with van der Waals surface area (Å²) in [5.74, 6) is 0.971. The smallest absolute Gasteiger partial charge is 0.239 e. The topological polar surface area (TPSA) is 90.6 Å². The van der Waals surface area contributed by atoms with E-state index in [0.717, 1.165) is 43.5 Å². The maximum absolute atomic E-state index is 12.8. The molecule has 2 amide bonds. The van der Waals surface area contributed by atoms with Gasteiger partial charge in [0.15, 0.2) is 0 Å². The van der Waals surface area contributed by atoms with E-state index in [1.807, 2.05) is 23.3 Å². The number of rotatable bonds is 6. The molecule has 0 bridgehead atoms. The highest BCUT2D eigenvalue weighted by Crippen LogP contribution is 2.31. The van der Waals surface area contributed by atoms with E-state index in [9.17, 15) is 14.9 Å². The summed E-state index contributed by atoms with van der Waals surface area (Å²) in [5.41, 5.74) is 2.42. The molecule has 1 saturated carbocycles. The summed E-state index contributed by atoms with van der Waals surface area (Å²) in [5, 5.41) is 12.7. The van der Waals surface area contributed by atoms with Crippen LogP contribution in [0.25, 0.3) is 0 Å². The summed E-state index contributed by atoms with van der Waals surface area (Å²) < 4.78 is 7.79. The summed E-state index contributed by atoms with van der Waals surface area (Å²) >= 11 is 0. The highest BCUT2D eigenvalue weighted by atomic mass is 16.5. The van der Waals surface area contributed by atoms with Crippen LogP contribution < -0.4 is 5.32 Å². The van der Waals surface area contributed by atoms with E-state index in [1.165, 1.54) is 0 Å². The van der Waals surface area contributed by atoms with Gasteiger partial charge in [0.2, 0.25) is 11.8 Å². The van der Waals surface area contributed by atoms with E-state index in [2.05, 4.69) is 16.3 Å². The van der Waals surface area contributed by atoms with Gasteiger partial charge in [0, 0.05) is 44.4 Å². The number of nitrogens with zero attached hydrogens (tertiary/aromatic N) is 4. The summed E-state index contributed by atoms with van der Waals surface area (Å²) in [6.45, 7) is 8.34. The maximum atomic E-state index is 12.8. The van der Waals surface area contributed by atoms with Gasteiger partial charge in [-0.25, -0.2) is 0 Å². The largest absolute Gasteiger partial charge is 0.376 e. The van der Waals surface area contributed by atoms with Crippen molar-refractivity contribution in [3.63, 3.8) is 0 Å². The second-order valence-electron chi connectivity index (χ2n) is 8.72. The molecule has 1 atom stereocenters. The molecule has 8 nitrogen and oxygen atoms in total. The van der Waals surface area contributed by atoms with Crippen LogP contribution in [0.2, 0.25) is 0 Å². The van der Waals surface area contributed by atoms with Gasteiger partial charge >= 0.3 is 0 Å². The maximum Gasteiger partial charge on any atom is 0.239 e. The lowest BCUT2D eigenvalue weighted by Gasteiger charge is -2.34. The van der Waals surface area contributed by atoms with Crippen LogP contribution >= 0.6 is 0 Å². The third-order valence-corrected chi connectivity index (χ3v) is 6.59. The first-order valence-corrected chi connectivity index (χ1v) is 11.0. The van der Waals surface area contributed by atoms with Gasteiger partial charge < -0.3 is 19.5 Å². The van der Waals surface area contributed by atoms with Crippen molar-refractivity contribution >= 4 is 17.6 Å². The number of nitrogens with one attached hydrogen (secondary N) is 1. The van der Waals surface area contributed by atoms with Crippen LogP contribution in [0.4, 0.5) is 5.82 Å². The average molecular weight is 414 g/mol. The Morgan fingerprint density at radius 2 is 1.90 bits per heavy atom. The molecule has 1 N–H and O–H groups in total. The Morgan fingerprint density at radius 1 is 1.17 bits per heavy atom. The molecule has 3 fully saturated rings. The predicted molar refractivity (Wildman–Crippen MR) is 112 cm³/mol. The summed E-state index contributed by atoms with van der Waals surface area (Å²) in [6.07, 6.45) is 4.21. The van der Waals surface area contributed by atoms with E-state index >= 15 is 0 Å². The minimum absolute atomic E-state index is 0.120. The van der Waals surface area contributed by atoms with Crippen molar-refractivity contribution in [1.29, 1.82) is 5.26 Å². The van der Waals surface area contributed by atoms with E-state index in [-0.39, 0.29) is 30.4 Å². The van der Waals surface area contributed by atoms with Crippen LogP contribution in [-0.2, 0) is 20.9 Å². The molecule has 0 spiro atoms. The fourth-order valence-corrected chi connectivity index (χ4v) is 4.44. The number of carbonyl (C=O) groups is 2. The zero-order valence-corrected chi connectivity index (χ0v) is 17.9. The number of hydrogen-bond donors (Lipinski definition) is 1. The van der Waals surface area contributed by atoms with Crippen LogP contribution in [0.5, 0.6) is 0 Å². The van der Waals surface area contributed by atoms with Gasteiger partial charge in [-0.3, -0.25) is 14.5 Å². The first-order valence-electron chi connectivity index (χ1n) is 11.0. The number of amides is 2. The lowest BCUT2D eigenvalue weighted by atomic mass is 10.2. The number of nitriles is 1. The molecule has 4 rings (SSSR count). The molecule has 2 saturated heterocycles. The molecule has 3 aliphatic rings. The highest BCUT2D eigenvalue weighted by molar-refractivity contribution is 5.93. The minimum Gasteiger partial charge on any atom is -0.376 e. The molecular formula is C22H31N5O3. The third-order valence-electron chi connectivity index (χ3n) is 6.59. The number of piperazine rings is 1. The van der Waals surface area contributed by atoms with E-state index in [1.54, 1.807) is 0 Å². The standard InChI is InChI=1S/C22H31N5O3/c1-15-16(2)27(13-18-4-3-11-30-18)21(19(15)12-23)24-20(28)14-25-7-9-26(10-8-25)22(29)17-5-6-17/h17-18H,3-11,13-14H2,1-2H3,(H,24,28)/t18-/m0/s1. The van der Waals surface area contributed by atoms with E-state index in [4.69, 9.17) is 4.74 Å². The van der Waals surface area contributed by atoms with Crippen LogP contribution in [0.1, 0.15) is 42.5 Å². The van der Waals surface area contributed by atoms with Crippen molar-refractivity contribution < 1.29 is 14.3 Å². The van der Waals surface area contributed by atoms with Gasteiger partial charge in [-0.15, -0.1) is 0 Å². The number of carbonyl (C=O) groups excluding carboxylic acids is 2. The second-order valence-corrected chi connectivity index (χ2v) is 8.72. The fraction of sp³-hybridized carbons (Fsp3) is 0.682. The van der Waals surface area contributed by atoms with E-state index < -0.39 is 0 Å². The molecule has 0 aromatic carbocycles. The first kappa shape index (κ1) is 20.9. The minimum atomic E-state index is -0.125. The molecule has 1 aromatic rings. The van der Waals surface area contributed by atoms with Crippen molar-refractivity contribution in [3.8, 4) is 6.07 Å². The normalized spacial score (nSPS) is 22.2. The van der Waals surface area contributed by atoms with Crippen molar-refractivity contribution in [3.05, 3.63) is 16.8 Å². The van der Waals surface area contributed by atoms with Crippen LogP contribution in [0.3, 0.4) is 0 Å². The Morgan fingerprint density at radius 3 is 2.50 bits per heavy atom. The second kappa shape index (κ2) is 8.78. The van der Waals surface area contributed by atoms with Crippen molar-refractivity contribution in [2.75, 3.05) is 44.6 Å². The molecule has 8 heteroatoms. The van der Waals surface area contributed by atoms with Gasteiger partial charge in [-0.05, 0) is 45.1 Å². The Balaban J connectivity index is 1.38. The van der Waals surface area contributed by atoms with E-state index in [0.29, 0.717) is 44.1 Å². The van der Waals surface area contributed by atoms with Crippen LogP contribution in [0, 0.1) is 31.1 Å². The zero-order chi connectivity index (χ0) is 21.3. The Bertz CT molecular complexity index is 853. The van der Waals surface area contributed by atoms with Crippen LogP contribution in [0.15, 0.2) is 0 Å². The molecular weight excluding hydrogens is 382 g/mol. The molecule has 0 radical (unpaired) electrons. The van der Waals surface area contributed by atoms with Gasteiger partial charge in [-0.1, -0.05) is 0 Å². The molecule has 1 aliphatic carbocycles. The first-order chi connectivity index (χ1) is 14.5. The Hall–Kier alpha value is -2.37. The zero-order valence-electron chi connectivity index (χ0n) is 17.9. The monoisotopic (exact) mass is 413 g/mol. The lowest BCUT2D eigenvalue weighted by molar-refractivity contribution is -0.134. The fourth-order valence-electron chi connectivity index (χ4n) is 4.44. The number of anilines is 1. The molecule has 1 aromatic heterocycles. The van der Waals surface area contributed by atoms with Crippen molar-refractivity contribution in [1.82, 2.24) is 14.4 Å². The van der Waals surface area contributed by atoms with Gasteiger partial charge in [0.05, 0.1) is 24.8 Å². The molecule has 3 heterocycles. The SMILES string of the molecule is Cc1c(C#N)c(NC(=O)CN2CCN(C(=O)C3CC3)CC2)n(C[C@@H]2CCCO2)c1C. The Kier molecular flexibility index (Phi) is 6.11. The Labute approximate surface area is 177 Å². The summed E-state index contributed by atoms with van der Waals surface area (Å²) in [4.78, 5) is 29.0. The van der Waals surface area contributed by atoms with Gasteiger partial charge in [0.1, 0.15) is 11.9 Å². The van der Waals surface area contributed by atoms with Crippen molar-refractivity contribution in [2.24, 2.45) is 5.92 Å². The lowest BCUT2D eigenvalue weighted by Crippen LogP contribution is -2.50. The van der Waals surface area contributed by atoms with Gasteiger partial charge in [0.25, 0.3) is 0 Å². The number of hydrogen-bond acceptors (Lipinski definition) is 5. The summed E-state index contributed by atoms with van der Waals surface area (Å²) in [6, 6.07) is 2.26. The van der Waals surface area contributed by atoms with Crippen molar-refractivity contribution in [2.45, 2.75) is 52.2 Å². The predicted octanol–water partition coefficient (Wildman–Crippen LogP) is 1.65. The third kappa shape index (κ3) is 4.37. The molecule has 30 heavy (non-hydrogen) atoms. The molecule has 2 aliphatic heterocycles. The summed E-state index contributed by atoms with van der Waals surface area (Å²) in [7, 11) is 0.